The van der Waals surface area contributed by atoms with E-state index in [2.05, 4.69) is 34.4 Å². The molecule has 0 aromatic carbocycles. The fourth-order valence-electron chi connectivity index (χ4n) is 1.57. The Morgan fingerprint density at radius 1 is 1.33 bits per heavy atom. The van der Waals surface area contributed by atoms with Gasteiger partial charge >= 0.3 is 0 Å². The van der Waals surface area contributed by atoms with Crippen LogP contribution in [0.4, 0.5) is 0 Å². The summed E-state index contributed by atoms with van der Waals surface area (Å²) in [4.78, 5) is 6.90. The molecule has 1 aliphatic heterocycles. The van der Waals surface area contributed by atoms with Gasteiger partial charge in [-0.1, -0.05) is 18.3 Å². The smallest absolute Gasteiger partial charge is 0.119 e. The van der Waals surface area contributed by atoms with Crippen LogP contribution in [0, 0.1) is 0 Å². The Labute approximate surface area is 106 Å². The monoisotopic (exact) mass is 261 g/mol. The first-order valence-corrected chi connectivity index (χ1v) is 6.07. The van der Waals surface area contributed by atoms with Gasteiger partial charge in [0.15, 0.2) is 0 Å². The number of hydrogen-bond acceptors (Lipinski definition) is 3. The molecule has 1 aliphatic rings. The molecular weight excluding hydrogens is 248 g/mol. The summed E-state index contributed by atoms with van der Waals surface area (Å²) in [7, 11) is 2.16. The van der Waals surface area contributed by atoms with Crippen LogP contribution >= 0.6 is 23.6 Å². The van der Waals surface area contributed by atoms with E-state index >= 15 is 0 Å². The van der Waals surface area contributed by atoms with Gasteiger partial charge in [0, 0.05) is 26.2 Å². The molecule has 0 N–H and O–H groups in total. The topological polar surface area (TPSA) is 6.48 Å². The molecule has 5 heteroatoms. The van der Waals surface area contributed by atoms with Crippen molar-refractivity contribution in [2.24, 2.45) is 0 Å². The van der Waals surface area contributed by atoms with E-state index in [1.807, 2.05) is 0 Å². The summed E-state index contributed by atoms with van der Waals surface area (Å²) < 4.78 is 0. The second-order valence-corrected chi connectivity index (χ2v) is 4.91. The van der Waals surface area contributed by atoms with Crippen molar-refractivity contribution >= 4 is 28.5 Å². The van der Waals surface area contributed by atoms with Crippen LogP contribution in [0.15, 0.2) is 17.5 Å². The summed E-state index contributed by atoms with van der Waals surface area (Å²) >= 11 is 7.18. The molecule has 1 aromatic heterocycles. The molecular formula is C10H14ClN2S2-. The molecule has 0 saturated carbocycles. The highest BCUT2D eigenvalue weighted by Crippen LogP contribution is 2.14. The molecule has 0 bridgehead atoms. The highest BCUT2D eigenvalue weighted by Gasteiger charge is 2.17. The summed E-state index contributed by atoms with van der Waals surface area (Å²) in [6.07, 6.45) is 0. The molecule has 0 atom stereocenters. The first-order chi connectivity index (χ1) is 6.77. The predicted molar refractivity (Wildman–Crippen MR) is 65.1 cm³/mol. The highest BCUT2D eigenvalue weighted by molar-refractivity contribution is 7.81. The van der Waals surface area contributed by atoms with Crippen molar-refractivity contribution < 1.29 is 12.4 Å². The Kier molecular flexibility index (Phi) is 4.99. The summed E-state index contributed by atoms with van der Waals surface area (Å²) in [6, 6.07) is 4.16. The van der Waals surface area contributed by atoms with Crippen molar-refractivity contribution in [2.75, 3.05) is 33.2 Å². The van der Waals surface area contributed by atoms with Gasteiger partial charge in [0.2, 0.25) is 0 Å². The van der Waals surface area contributed by atoms with Gasteiger partial charge in [0.1, 0.15) is 4.99 Å². The standard InChI is InChI=1S/C10H14N2S2.ClH/c1-11-4-6-12(7-5-11)10(13)9-3-2-8-14-9;/h2-3,8H,4-7H2,1H3;1H/p-1. The number of thiophene rings is 1. The van der Waals surface area contributed by atoms with Crippen LogP contribution in [0.25, 0.3) is 0 Å². The number of nitrogens with zero attached hydrogens (tertiary/aromatic N) is 2. The Bertz CT molecular complexity index is 305. The Morgan fingerprint density at radius 3 is 2.53 bits per heavy atom. The zero-order chi connectivity index (χ0) is 9.97. The van der Waals surface area contributed by atoms with Crippen LogP contribution in [-0.4, -0.2) is 48.0 Å². The average Bonchev–Trinajstić information content (AvgIpc) is 2.71. The van der Waals surface area contributed by atoms with E-state index in [4.69, 9.17) is 12.2 Å². The lowest BCUT2D eigenvalue weighted by Crippen LogP contribution is -3.00. The van der Waals surface area contributed by atoms with Crippen LogP contribution < -0.4 is 12.4 Å². The molecule has 15 heavy (non-hydrogen) atoms. The fraction of sp³-hybridized carbons (Fsp3) is 0.500. The lowest BCUT2D eigenvalue weighted by Gasteiger charge is -2.33. The van der Waals surface area contributed by atoms with E-state index < -0.39 is 0 Å². The van der Waals surface area contributed by atoms with Crippen molar-refractivity contribution in [3.05, 3.63) is 22.4 Å². The minimum Gasteiger partial charge on any atom is -1.00 e. The maximum absolute atomic E-state index is 5.45. The largest absolute Gasteiger partial charge is 1.00 e. The maximum Gasteiger partial charge on any atom is 0.119 e. The van der Waals surface area contributed by atoms with Crippen LogP contribution in [-0.2, 0) is 0 Å². The number of piperazine rings is 1. The van der Waals surface area contributed by atoms with E-state index in [9.17, 15) is 0 Å². The quantitative estimate of drug-likeness (QED) is 0.579. The second-order valence-electron chi connectivity index (χ2n) is 3.57. The normalized spacial score (nSPS) is 17.3. The molecule has 0 spiro atoms. The first-order valence-electron chi connectivity index (χ1n) is 4.79. The van der Waals surface area contributed by atoms with Crippen molar-refractivity contribution in [3.63, 3.8) is 0 Å². The first kappa shape index (κ1) is 12.9. The molecule has 2 heterocycles. The van der Waals surface area contributed by atoms with Gasteiger partial charge in [0.25, 0.3) is 0 Å². The SMILES string of the molecule is CN1CCN(C(=S)c2cccs2)CC1.[Cl-]. The Balaban J connectivity index is 0.00000112. The summed E-state index contributed by atoms with van der Waals surface area (Å²) in [5.74, 6) is 0. The molecule has 2 nitrogen and oxygen atoms in total. The highest BCUT2D eigenvalue weighted by atomic mass is 35.5. The number of thiocarbonyl (C=S) groups is 1. The molecule has 0 amide bonds. The zero-order valence-electron chi connectivity index (χ0n) is 8.65. The van der Waals surface area contributed by atoms with Gasteiger partial charge in [-0.2, -0.15) is 0 Å². The number of hydrogen-bond donors (Lipinski definition) is 0. The van der Waals surface area contributed by atoms with Gasteiger partial charge in [0.05, 0.1) is 4.88 Å². The minimum atomic E-state index is 0. The van der Waals surface area contributed by atoms with Gasteiger partial charge in [-0.15, -0.1) is 11.3 Å². The van der Waals surface area contributed by atoms with Crippen LogP contribution in [0.2, 0.25) is 0 Å². The molecule has 0 aliphatic carbocycles. The predicted octanol–water partition coefficient (Wildman–Crippen LogP) is -1.32. The molecule has 1 fully saturated rings. The molecule has 2 rings (SSSR count). The van der Waals surface area contributed by atoms with Crippen molar-refractivity contribution in [2.45, 2.75) is 0 Å². The third-order valence-electron chi connectivity index (χ3n) is 2.52. The molecule has 1 saturated heterocycles. The lowest BCUT2D eigenvalue weighted by molar-refractivity contribution is -0.00000272. The van der Waals surface area contributed by atoms with Crippen molar-refractivity contribution in [1.29, 1.82) is 0 Å². The van der Waals surface area contributed by atoms with E-state index in [0.717, 1.165) is 31.2 Å². The molecule has 84 valence electrons. The van der Waals surface area contributed by atoms with Gasteiger partial charge < -0.3 is 22.2 Å². The van der Waals surface area contributed by atoms with E-state index in [1.54, 1.807) is 11.3 Å². The third-order valence-corrected chi connectivity index (χ3v) is 4.01. The Hall–Kier alpha value is -0.160. The molecule has 0 radical (unpaired) electrons. The minimum absolute atomic E-state index is 0. The Morgan fingerprint density at radius 2 is 2.00 bits per heavy atom. The maximum atomic E-state index is 5.45. The summed E-state index contributed by atoms with van der Waals surface area (Å²) in [5.41, 5.74) is 0. The van der Waals surface area contributed by atoms with Crippen LogP contribution in [0.3, 0.4) is 0 Å². The van der Waals surface area contributed by atoms with Gasteiger partial charge in [-0.05, 0) is 18.5 Å². The number of likely N-dealkylation sites (N-methyl/N-ethyl adjacent to an activating group) is 1. The lowest BCUT2D eigenvalue weighted by atomic mass is 10.3. The van der Waals surface area contributed by atoms with Gasteiger partial charge in [-0.3, -0.25) is 0 Å². The number of rotatable bonds is 1. The van der Waals surface area contributed by atoms with Crippen molar-refractivity contribution in [3.8, 4) is 0 Å². The molecule has 1 aromatic rings. The van der Waals surface area contributed by atoms with Crippen LogP contribution in [0.1, 0.15) is 4.88 Å². The van der Waals surface area contributed by atoms with Gasteiger partial charge in [-0.25, -0.2) is 0 Å². The fourth-order valence-corrected chi connectivity index (χ4v) is 2.65. The van der Waals surface area contributed by atoms with E-state index in [1.165, 1.54) is 4.88 Å². The zero-order valence-corrected chi connectivity index (χ0v) is 11.0. The second kappa shape index (κ2) is 5.80. The summed E-state index contributed by atoms with van der Waals surface area (Å²) in [5, 5.41) is 2.08. The average molecular weight is 262 g/mol. The third kappa shape index (κ3) is 3.14. The van der Waals surface area contributed by atoms with Crippen LogP contribution in [0.5, 0.6) is 0 Å². The van der Waals surface area contributed by atoms with Crippen molar-refractivity contribution in [1.82, 2.24) is 9.80 Å². The van der Waals surface area contributed by atoms with E-state index in [-0.39, 0.29) is 12.4 Å². The van der Waals surface area contributed by atoms with E-state index in [0.29, 0.717) is 0 Å². The number of halogens is 1. The molecule has 0 unspecified atom stereocenters. The summed E-state index contributed by atoms with van der Waals surface area (Å²) in [6.45, 7) is 4.36.